The van der Waals surface area contributed by atoms with Gasteiger partial charge in [-0.3, -0.25) is 4.79 Å². The number of carbonyl (C=O) groups is 1. The molecule has 1 aromatic rings. The van der Waals surface area contributed by atoms with E-state index in [0.717, 1.165) is 0 Å². The highest BCUT2D eigenvalue weighted by molar-refractivity contribution is 7.89. The van der Waals surface area contributed by atoms with Gasteiger partial charge in [-0.15, -0.1) is 0 Å². The number of morpholine rings is 1. The molecule has 0 saturated carbocycles. The van der Waals surface area contributed by atoms with E-state index in [9.17, 15) is 13.2 Å². The van der Waals surface area contributed by atoms with E-state index in [1.807, 2.05) is 13.8 Å². The third-order valence-electron chi connectivity index (χ3n) is 4.04. The van der Waals surface area contributed by atoms with E-state index in [2.05, 4.69) is 5.32 Å². The lowest BCUT2D eigenvalue weighted by atomic mass is 10.2. The molecule has 1 aromatic carbocycles. The Morgan fingerprint density at radius 1 is 1.15 bits per heavy atom. The van der Waals surface area contributed by atoms with Crippen LogP contribution in [0.2, 0.25) is 0 Å². The summed E-state index contributed by atoms with van der Waals surface area (Å²) in [7, 11) is -0.477. The third kappa shape index (κ3) is 5.33. The van der Waals surface area contributed by atoms with Crippen molar-refractivity contribution in [3.05, 3.63) is 23.8 Å². The quantitative estimate of drug-likeness (QED) is 0.747. The largest absolute Gasteiger partial charge is 0.497 e. The Hall–Kier alpha value is -1.84. The molecule has 1 aliphatic rings. The van der Waals surface area contributed by atoms with Crippen LogP contribution >= 0.6 is 0 Å². The predicted molar refractivity (Wildman–Crippen MR) is 97.2 cm³/mol. The molecular formula is C17H26N2O6S. The van der Waals surface area contributed by atoms with Crippen LogP contribution in [0.15, 0.2) is 18.2 Å². The van der Waals surface area contributed by atoms with Crippen molar-refractivity contribution in [1.82, 2.24) is 9.62 Å². The second kappa shape index (κ2) is 8.70. The van der Waals surface area contributed by atoms with Crippen molar-refractivity contribution in [3.8, 4) is 11.5 Å². The lowest BCUT2D eigenvalue weighted by Gasteiger charge is -2.34. The molecule has 1 fully saturated rings. The standard InChI is InChI=1S/C17H26N2O6S/c1-12-10-19(11-13(2)25-12)26(21,22)6-5-18-17(20)14-7-15(23-3)9-16(8-14)24-4/h7-9,12-13H,5-6,10-11H2,1-4H3,(H,18,20)/t12-,13-/m1/s1. The summed E-state index contributed by atoms with van der Waals surface area (Å²) in [6.07, 6.45) is -0.292. The van der Waals surface area contributed by atoms with Crippen LogP contribution in [-0.4, -0.2) is 70.4 Å². The van der Waals surface area contributed by atoms with Gasteiger partial charge in [0.2, 0.25) is 10.0 Å². The highest BCUT2D eigenvalue weighted by Crippen LogP contribution is 2.22. The monoisotopic (exact) mass is 386 g/mol. The molecule has 2 rings (SSSR count). The van der Waals surface area contributed by atoms with Crippen molar-refractivity contribution < 1.29 is 27.4 Å². The molecule has 8 nitrogen and oxygen atoms in total. The van der Waals surface area contributed by atoms with E-state index >= 15 is 0 Å². The summed E-state index contributed by atoms with van der Waals surface area (Å²) in [5.41, 5.74) is 0.340. The predicted octanol–water partition coefficient (Wildman–Crippen LogP) is 0.873. The molecule has 9 heteroatoms. The molecule has 2 atom stereocenters. The Kier molecular flexibility index (Phi) is 6.85. The van der Waals surface area contributed by atoms with E-state index in [1.54, 1.807) is 18.2 Å². The maximum absolute atomic E-state index is 12.5. The SMILES string of the molecule is COc1cc(OC)cc(C(=O)NCCS(=O)(=O)N2C[C@@H](C)O[C@H](C)C2)c1. The summed E-state index contributed by atoms with van der Waals surface area (Å²) in [5, 5.41) is 2.63. The molecule has 1 N–H and O–H groups in total. The van der Waals surface area contributed by atoms with Crippen LogP contribution in [0.1, 0.15) is 24.2 Å². The first-order chi connectivity index (χ1) is 12.2. The summed E-state index contributed by atoms with van der Waals surface area (Å²) in [4.78, 5) is 12.3. The van der Waals surface area contributed by atoms with Crippen molar-refractivity contribution in [2.75, 3.05) is 39.6 Å². The number of methoxy groups -OCH3 is 2. The fourth-order valence-corrected chi connectivity index (χ4v) is 4.31. The van der Waals surface area contributed by atoms with Crippen molar-refractivity contribution in [3.63, 3.8) is 0 Å². The highest BCUT2D eigenvalue weighted by Gasteiger charge is 2.30. The maximum Gasteiger partial charge on any atom is 0.251 e. The van der Waals surface area contributed by atoms with Gasteiger partial charge >= 0.3 is 0 Å². The molecule has 1 heterocycles. The van der Waals surface area contributed by atoms with Crippen LogP contribution in [0.25, 0.3) is 0 Å². The lowest BCUT2D eigenvalue weighted by Crippen LogP contribution is -2.49. The van der Waals surface area contributed by atoms with Gasteiger partial charge in [-0.05, 0) is 26.0 Å². The number of rotatable bonds is 7. The number of nitrogens with one attached hydrogen (secondary N) is 1. The molecule has 0 radical (unpaired) electrons. The third-order valence-corrected chi connectivity index (χ3v) is 5.84. The van der Waals surface area contributed by atoms with E-state index in [-0.39, 0.29) is 30.4 Å². The molecule has 1 aliphatic heterocycles. The number of hydrogen-bond acceptors (Lipinski definition) is 6. The van der Waals surface area contributed by atoms with Crippen molar-refractivity contribution in [2.45, 2.75) is 26.1 Å². The zero-order valence-corrected chi connectivity index (χ0v) is 16.3. The van der Waals surface area contributed by atoms with Gasteiger partial charge in [0.05, 0.1) is 32.2 Å². The molecular weight excluding hydrogens is 360 g/mol. The smallest absolute Gasteiger partial charge is 0.251 e. The Morgan fingerprint density at radius 2 is 1.69 bits per heavy atom. The minimum Gasteiger partial charge on any atom is -0.497 e. The van der Waals surface area contributed by atoms with Gasteiger partial charge in [0, 0.05) is 31.3 Å². The van der Waals surface area contributed by atoms with E-state index in [0.29, 0.717) is 30.2 Å². The minimum absolute atomic E-state index is 0.0147. The second-order valence-corrected chi connectivity index (χ2v) is 8.34. The van der Waals surface area contributed by atoms with E-state index < -0.39 is 10.0 Å². The fraction of sp³-hybridized carbons (Fsp3) is 0.588. The van der Waals surface area contributed by atoms with Gasteiger partial charge in [-0.1, -0.05) is 0 Å². The molecule has 146 valence electrons. The van der Waals surface area contributed by atoms with Gasteiger partial charge in [0.15, 0.2) is 0 Å². The average molecular weight is 386 g/mol. The molecule has 1 amide bonds. The number of sulfonamides is 1. The highest BCUT2D eigenvalue weighted by atomic mass is 32.2. The normalized spacial score (nSPS) is 21.2. The van der Waals surface area contributed by atoms with Crippen LogP contribution in [0, 0.1) is 0 Å². The van der Waals surface area contributed by atoms with Gasteiger partial charge in [-0.25, -0.2) is 8.42 Å². The van der Waals surface area contributed by atoms with Gasteiger partial charge < -0.3 is 19.5 Å². The molecule has 0 unspecified atom stereocenters. The summed E-state index contributed by atoms with van der Waals surface area (Å²) >= 11 is 0. The summed E-state index contributed by atoms with van der Waals surface area (Å²) in [5.74, 6) is 0.414. The Balaban J connectivity index is 1.95. The maximum atomic E-state index is 12.5. The zero-order valence-electron chi connectivity index (χ0n) is 15.5. The van der Waals surface area contributed by atoms with Crippen molar-refractivity contribution >= 4 is 15.9 Å². The molecule has 0 aromatic heterocycles. The Labute approximate surface area is 154 Å². The first-order valence-corrected chi connectivity index (χ1v) is 10.0. The Bertz CT molecular complexity index is 705. The molecule has 0 spiro atoms. The number of hydrogen-bond donors (Lipinski definition) is 1. The number of nitrogens with zero attached hydrogens (tertiary/aromatic N) is 1. The molecule has 0 aliphatic carbocycles. The van der Waals surface area contributed by atoms with Crippen LogP contribution < -0.4 is 14.8 Å². The van der Waals surface area contributed by atoms with Crippen LogP contribution in [0.4, 0.5) is 0 Å². The average Bonchev–Trinajstić information content (AvgIpc) is 2.60. The van der Waals surface area contributed by atoms with E-state index in [4.69, 9.17) is 14.2 Å². The first kappa shape index (κ1) is 20.5. The molecule has 0 bridgehead atoms. The van der Waals surface area contributed by atoms with Crippen LogP contribution in [-0.2, 0) is 14.8 Å². The number of ether oxygens (including phenoxy) is 3. The summed E-state index contributed by atoms with van der Waals surface area (Å²) in [6.45, 7) is 4.36. The number of carbonyl (C=O) groups excluding carboxylic acids is 1. The van der Waals surface area contributed by atoms with Gasteiger partial charge in [0.25, 0.3) is 5.91 Å². The van der Waals surface area contributed by atoms with Crippen molar-refractivity contribution in [2.24, 2.45) is 0 Å². The topological polar surface area (TPSA) is 94.2 Å². The van der Waals surface area contributed by atoms with Crippen molar-refractivity contribution in [1.29, 1.82) is 0 Å². The summed E-state index contributed by atoms with van der Waals surface area (Å²) < 4.78 is 42.2. The molecule has 26 heavy (non-hydrogen) atoms. The van der Waals surface area contributed by atoms with Crippen LogP contribution in [0.5, 0.6) is 11.5 Å². The summed E-state index contributed by atoms with van der Waals surface area (Å²) in [6, 6.07) is 4.79. The van der Waals surface area contributed by atoms with E-state index in [1.165, 1.54) is 18.5 Å². The van der Waals surface area contributed by atoms with Crippen LogP contribution in [0.3, 0.4) is 0 Å². The lowest BCUT2D eigenvalue weighted by molar-refractivity contribution is -0.0440. The van der Waals surface area contributed by atoms with Gasteiger partial charge in [-0.2, -0.15) is 4.31 Å². The zero-order chi connectivity index (χ0) is 19.3. The Morgan fingerprint density at radius 3 is 2.19 bits per heavy atom. The minimum atomic E-state index is -3.46. The van der Waals surface area contributed by atoms with Gasteiger partial charge in [0.1, 0.15) is 11.5 Å². The second-order valence-electron chi connectivity index (χ2n) is 6.25. The molecule has 1 saturated heterocycles. The number of amides is 1. The fourth-order valence-electron chi connectivity index (χ4n) is 2.82. The number of benzene rings is 1. The first-order valence-electron chi connectivity index (χ1n) is 8.39.